The number of nitrogens with zero attached hydrogens (tertiary/aromatic N) is 4. The van der Waals surface area contributed by atoms with Gasteiger partial charge in [-0.05, 0) is 42.7 Å². The lowest BCUT2D eigenvalue weighted by Crippen LogP contribution is -2.51. The number of nitrogens with one attached hydrogen (secondary N) is 3. The number of rotatable bonds is 1. The Balaban J connectivity index is 1.39. The highest BCUT2D eigenvalue weighted by molar-refractivity contribution is 6.01. The molecule has 1 aromatic carbocycles. The van der Waals surface area contributed by atoms with Crippen molar-refractivity contribution >= 4 is 39.6 Å². The Morgan fingerprint density at radius 3 is 2.88 bits per heavy atom. The lowest BCUT2D eigenvalue weighted by molar-refractivity contribution is -0.0339. The first-order valence-corrected chi connectivity index (χ1v) is 11.7. The number of benzene rings is 1. The van der Waals surface area contributed by atoms with E-state index >= 15 is 0 Å². The maximum Gasteiger partial charge on any atom is 0.271 e. The summed E-state index contributed by atoms with van der Waals surface area (Å²) in [6, 6.07) is 8.39. The number of ether oxygens (including phenoxy) is 2. The third-order valence-corrected chi connectivity index (χ3v) is 7.00. The van der Waals surface area contributed by atoms with Crippen molar-refractivity contribution in [1.29, 1.82) is 0 Å². The summed E-state index contributed by atoms with van der Waals surface area (Å²) < 4.78 is 13.4. The van der Waals surface area contributed by atoms with Crippen LogP contribution in [0.25, 0.3) is 16.6 Å². The van der Waals surface area contributed by atoms with Crippen molar-refractivity contribution in [3.8, 4) is 0 Å². The van der Waals surface area contributed by atoms with Gasteiger partial charge in [0.1, 0.15) is 0 Å². The van der Waals surface area contributed by atoms with Gasteiger partial charge in [0.25, 0.3) is 5.91 Å². The maximum absolute atomic E-state index is 13.1. The van der Waals surface area contributed by atoms with Crippen LogP contribution in [0.3, 0.4) is 0 Å². The third-order valence-electron chi connectivity index (χ3n) is 7.00. The molecule has 1 aliphatic carbocycles. The second-order valence-electron chi connectivity index (χ2n) is 9.11. The average molecular weight is 460 g/mol. The van der Waals surface area contributed by atoms with E-state index in [1.54, 1.807) is 10.7 Å². The summed E-state index contributed by atoms with van der Waals surface area (Å²) in [6.45, 7) is 3.63. The number of carbonyl (C=O) groups excluding carboxylic acids is 1. The molecule has 1 amide bonds. The van der Waals surface area contributed by atoms with E-state index in [9.17, 15) is 4.79 Å². The fourth-order valence-corrected chi connectivity index (χ4v) is 5.02. The molecule has 34 heavy (non-hydrogen) atoms. The molecule has 0 spiro atoms. The minimum absolute atomic E-state index is 0.00633. The maximum atomic E-state index is 13.1. The average Bonchev–Trinajstić information content (AvgIpc) is 3.49. The number of morpholine rings is 1. The molecule has 3 aromatic heterocycles. The molecule has 3 N–H and O–H groups in total. The molecule has 0 radical (unpaired) electrons. The van der Waals surface area contributed by atoms with Crippen LogP contribution < -0.4 is 15.5 Å². The monoisotopic (exact) mass is 459 g/mol. The van der Waals surface area contributed by atoms with Crippen LogP contribution in [0.15, 0.2) is 36.7 Å². The summed E-state index contributed by atoms with van der Waals surface area (Å²) in [7, 11) is 0. The van der Waals surface area contributed by atoms with Crippen molar-refractivity contribution in [3.05, 3.63) is 47.9 Å². The molecule has 0 unspecified atom stereocenters. The number of carbonyl (C=O) groups is 1. The van der Waals surface area contributed by atoms with E-state index in [2.05, 4.69) is 43.7 Å². The standard InChI is InChI=1S/C24H25N7O3/c32-24-19-12-26-23-21-17(3-4-25-21)22(29-31(19)23)27-15-9-14(13-34-20-2-1-18(20)28-24)10-16(11-15)30-5-7-33-8-6-30/h3-4,9-12,18,20,25H,1-2,5-8,13H2,(H,27,29)(H,28,32)/t18-,20-/m1/s1. The zero-order valence-corrected chi connectivity index (χ0v) is 18.6. The van der Waals surface area contributed by atoms with Crippen LogP contribution >= 0.6 is 0 Å². The van der Waals surface area contributed by atoms with Gasteiger partial charge in [-0.2, -0.15) is 0 Å². The summed E-state index contributed by atoms with van der Waals surface area (Å²) in [6.07, 6.45) is 5.26. The Hall–Kier alpha value is -3.63. The number of aromatic nitrogens is 4. The first-order chi connectivity index (χ1) is 16.7. The molecule has 1 saturated carbocycles. The Morgan fingerprint density at radius 1 is 1.12 bits per heavy atom. The molecule has 2 aliphatic heterocycles. The normalized spacial score (nSPS) is 22.7. The van der Waals surface area contributed by atoms with Crippen molar-refractivity contribution < 1.29 is 14.3 Å². The van der Waals surface area contributed by atoms with Crippen molar-refractivity contribution in [2.75, 3.05) is 36.5 Å². The number of hydrogen-bond donors (Lipinski definition) is 3. The minimum Gasteiger partial charge on any atom is -0.378 e. The molecular weight excluding hydrogens is 434 g/mol. The molecule has 1 saturated heterocycles. The van der Waals surface area contributed by atoms with E-state index in [4.69, 9.17) is 14.6 Å². The van der Waals surface area contributed by atoms with E-state index in [1.807, 2.05) is 12.3 Å². The van der Waals surface area contributed by atoms with Gasteiger partial charge in [0.2, 0.25) is 0 Å². The number of imidazole rings is 1. The second kappa shape index (κ2) is 7.71. The van der Waals surface area contributed by atoms with Crippen LogP contribution in [0, 0.1) is 0 Å². The van der Waals surface area contributed by atoms with Gasteiger partial charge in [-0.3, -0.25) is 4.79 Å². The second-order valence-corrected chi connectivity index (χ2v) is 9.11. The van der Waals surface area contributed by atoms with E-state index in [1.165, 1.54) is 0 Å². The Morgan fingerprint density at radius 2 is 2.03 bits per heavy atom. The molecule has 7 rings (SSSR count). The number of amides is 1. The Labute approximate surface area is 195 Å². The molecule has 2 fully saturated rings. The Kier molecular flexibility index (Phi) is 4.49. The fraction of sp³-hybridized carbons (Fsp3) is 0.375. The molecule has 4 bridgehead atoms. The van der Waals surface area contributed by atoms with Crippen molar-refractivity contribution in [3.63, 3.8) is 0 Å². The van der Waals surface area contributed by atoms with E-state index in [0.717, 1.165) is 67.0 Å². The summed E-state index contributed by atoms with van der Waals surface area (Å²) in [5.74, 6) is 0.459. The largest absolute Gasteiger partial charge is 0.378 e. The van der Waals surface area contributed by atoms with Gasteiger partial charge < -0.3 is 30.0 Å². The lowest BCUT2D eigenvalue weighted by atomic mass is 9.88. The van der Waals surface area contributed by atoms with Crippen LogP contribution in [0.2, 0.25) is 0 Å². The summed E-state index contributed by atoms with van der Waals surface area (Å²) in [4.78, 5) is 23.2. The fourth-order valence-electron chi connectivity index (χ4n) is 5.02. The first kappa shape index (κ1) is 19.8. The van der Waals surface area contributed by atoms with Crippen LogP contribution in [0.4, 0.5) is 17.2 Å². The van der Waals surface area contributed by atoms with Crippen LogP contribution in [0.1, 0.15) is 28.9 Å². The lowest BCUT2D eigenvalue weighted by Gasteiger charge is -2.37. The molecule has 5 heterocycles. The van der Waals surface area contributed by atoms with E-state index < -0.39 is 0 Å². The van der Waals surface area contributed by atoms with Gasteiger partial charge in [0.15, 0.2) is 17.2 Å². The molecule has 10 heteroatoms. The summed E-state index contributed by atoms with van der Waals surface area (Å²) in [5, 5.41) is 12.3. The van der Waals surface area contributed by atoms with Gasteiger partial charge in [-0.25, -0.2) is 9.50 Å². The molecular formula is C24H25N7O3. The zero-order chi connectivity index (χ0) is 22.6. The van der Waals surface area contributed by atoms with Crippen LogP contribution in [0.5, 0.6) is 0 Å². The molecule has 10 nitrogen and oxygen atoms in total. The highest BCUT2D eigenvalue weighted by Crippen LogP contribution is 2.32. The number of aromatic amines is 1. The predicted octanol–water partition coefficient (Wildman–Crippen LogP) is 2.58. The van der Waals surface area contributed by atoms with Gasteiger partial charge in [0.05, 0.1) is 43.7 Å². The van der Waals surface area contributed by atoms with Gasteiger partial charge in [-0.15, -0.1) is 5.10 Å². The zero-order valence-electron chi connectivity index (χ0n) is 18.6. The molecule has 174 valence electrons. The molecule has 4 aromatic rings. The van der Waals surface area contributed by atoms with E-state index in [-0.39, 0.29) is 18.1 Å². The van der Waals surface area contributed by atoms with E-state index in [0.29, 0.717) is 23.8 Å². The number of anilines is 3. The SMILES string of the molecule is O=C1N[C@@H]2CC[C@H]2OCc2cc(cc(N3CCOCC3)c2)Nc2nn3c1cnc3c1[nH]ccc21. The van der Waals surface area contributed by atoms with Gasteiger partial charge in [-0.1, -0.05) is 0 Å². The first-order valence-electron chi connectivity index (χ1n) is 11.7. The number of hydrogen-bond acceptors (Lipinski definition) is 7. The Bertz CT molecular complexity index is 1400. The van der Waals surface area contributed by atoms with Gasteiger partial charge in [0, 0.05) is 36.0 Å². The van der Waals surface area contributed by atoms with Gasteiger partial charge >= 0.3 is 0 Å². The molecule has 3 aliphatic rings. The predicted molar refractivity (Wildman–Crippen MR) is 127 cm³/mol. The van der Waals surface area contributed by atoms with Crippen molar-refractivity contribution in [1.82, 2.24) is 24.9 Å². The van der Waals surface area contributed by atoms with Crippen molar-refractivity contribution in [2.45, 2.75) is 31.6 Å². The minimum atomic E-state index is -0.194. The smallest absolute Gasteiger partial charge is 0.271 e. The molecule has 2 atom stereocenters. The summed E-state index contributed by atoms with van der Waals surface area (Å²) >= 11 is 0. The quantitative estimate of drug-likeness (QED) is 0.401. The van der Waals surface area contributed by atoms with Crippen molar-refractivity contribution in [2.24, 2.45) is 0 Å². The number of H-pyrrole nitrogens is 1. The topological polar surface area (TPSA) is 109 Å². The third kappa shape index (κ3) is 3.21. The summed E-state index contributed by atoms with van der Waals surface area (Å²) in [5.41, 5.74) is 4.98. The number of fused-ring (bicyclic) bond motifs is 7. The van der Waals surface area contributed by atoms with Crippen LogP contribution in [-0.4, -0.2) is 63.9 Å². The highest BCUT2D eigenvalue weighted by Gasteiger charge is 2.34. The highest BCUT2D eigenvalue weighted by atomic mass is 16.5. The van der Waals surface area contributed by atoms with Crippen LogP contribution in [-0.2, 0) is 16.1 Å².